The second-order valence-corrected chi connectivity index (χ2v) is 4.59. The van der Waals surface area contributed by atoms with E-state index in [1.807, 2.05) is 6.92 Å². The number of nitrogens with zero attached hydrogens (tertiary/aromatic N) is 1. The Hall–Kier alpha value is -2.34. The number of ether oxygens (including phenoxy) is 1. The Morgan fingerprint density at radius 1 is 1.29 bits per heavy atom. The Balaban J connectivity index is 2.33. The van der Waals surface area contributed by atoms with Crippen LogP contribution in [0.2, 0.25) is 5.02 Å². The molecule has 0 aliphatic heterocycles. The van der Waals surface area contributed by atoms with Crippen LogP contribution in [0.5, 0.6) is 11.5 Å². The van der Waals surface area contributed by atoms with Gasteiger partial charge in [-0.05, 0) is 19.1 Å². The first-order valence-corrected chi connectivity index (χ1v) is 6.53. The van der Waals surface area contributed by atoms with Gasteiger partial charge in [-0.2, -0.15) is 0 Å². The number of nitro groups is 1. The van der Waals surface area contributed by atoms with Gasteiger partial charge in [0.05, 0.1) is 16.0 Å². The highest BCUT2D eigenvalue weighted by Crippen LogP contribution is 2.31. The number of nitro benzene ring substituents is 1. The summed E-state index contributed by atoms with van der Waals surface area (Å²) in [5.74, 6) is -0.173. The molecular weight excluding hydrogens is 299 g/mol. The number of hydrogen-bond acceptors (Lipinski definition) is 4. The highest BCUT2D eigenvalue weighted by Gasteiger charge is 2.11. The molecule has 5 nitrogen and oxygen atoms in total. The second-order valence-electron chi connectivity index (χ2n) is 4.18. The zero-order valence-electron chi connectivity index (χ0n) is 11.1. The number of non-ortho nitro benzene ring substituents is 1. The molecule has 0 spiro atoms. The molecule has 0 fully saturated rings. The summed E-state index contributed by atoms with van der Waals surface area (Å²) >= 11 is 5.59. The zero-order valence-corrected chi connectivity index (χ0v) is 11.9. The normalized spacial score (nSPS) is 10.2. The molecule has 2 aromatic carbocycles. The summed E-state index contributed by atoms with van der Waals surface area (Å²) in [6, 6.07) is 8.23. The lowest BCUT2D eigenvalue weighted by atomic mass is 10.2. The largest absolute Gasteiger partial charge is 0.457 e. The molecule has 0 saturated carbocycles. The van der Waals surface area contributed by atoms with Gasteiger partial charge in [0.2, 0.25) is 0 Å². The molecule has 7 heteroatoms. The van der Waals surface area contributed by atoms with E-state index >= 15 is 0 Å². The smallest absolute Gasteiger partial charge is 0.275 e. The van der Waals surface area contributed by atoms with Crippen molar-refractivity contribution in [3.63, 3.8) is 0 Å². The first kappa shape index (κ1) is 15.1. The monoisotopic (exact) mass is 310 g/mol. The van der Waals surface area contributed by atoms with Gasteiger partial charge in [0.15, 0.2) is 0 Å². The van der Waals surface area contributed by atoms with E-state index in [-0.39, 0.29) is 22.2 Å². The molecule has 0 amide bonds. The third-order valence-corrected chi connectivity index (χ3v) is 2.92. The van der Waals surface area contributed by atoms with Crippen LogP contribution in [-0.2, 0) is 0 Å². The SMILES string of the molecule is CCNc1cc(Oc2ccc(Cl)c(F)c2)cc([N+](=O)[O-])c1. The number of hydrogen-bond donors (Lipinski definition) is 1. The van der Waals surface area contributed by atoms with Gasteiger partial charge >= 0.3 is 0 Å². The number of anilines is 1. The van der Waals surface area contributed by atoms with Crippen LogP contribution in [0, 0.1) is 15.9 Å². The van der Waals surface area contributed by atoms with Gasteiger partial charge in [-0.15, -0.1) is 0 Å². The topological polar surface area (TPSA) is 64.4 Å². The van der Waals surface area contributed by atoms with Crippen molar-refractivity contribution < 1.29 is 14.1 Å². The maximum Gasteiger partial charge on any atom is 0.275 e. The predicted molar refractivity (Wildman–Crippen MR) is 78.7 cm³/mol. The molecule has 0 radical (unpaired) electrons. The molecule has 0 unspecified atom stereocenters. The molecule has 0 heterocycles. The Morgan fingerprint density at radius 3 is 2.67 bits per heavy atom. The number of rotatable bonds is 5. The maximum atomic E-state index is 13.4. The maximum absolute atomic E-state index is 13.4. The second kappa shape index (κ2) is 6.41. The van der Waals surface area contributed by atoms with Gasteiger partial charge in [-0.25, -0.2) is 4.39 Å². The van der Waals surface area contributed by atoms with Crippen LogP contribution in [-0.4, -0.2) is 11.5 Å². The molecule has 0 aromatic heterocycles. The van der Waals surface area contributed by atoms with E-state index in [0.717, 1.165) is 6.07 Å². The van der Waals surface area contributed by atoms with E-state index in [1.165, 1.54) is 24.3 Å². The van der Waals surface area contributed by atoms with Crippen LogP contribution in [0.3, 0.4) is 0 Å². The predicted octanol–water partition coefficient (Wildman–Crippen LogP) is 4.61. The number of nitrogens with one attached hydrogen (secondary N) is 1. The van der Waals surface area contributed by atoms with Gasteiger partial charge < -0.3 is 10.1 Å². The minimum Gasteiger partial charge on any atom is -0.457 e. The molecule has 2 aromatic rings. The molecule has 21 heavy (non-hydrogen) atoms. The number of halogens is 2. The van der Waals surface area contributed by atoms with Crippen LogP contribution in [0.25, 0.3) is 0 Å². The highest BCUT2D eigenvalue weighted by atomic mass is 35.5. The summed E-state index contributed by atoms with van der Waals surface area (Å²) in [7, 11) is 0. The van der Waals surface area contributed by atoms with Crippen molar-refractivity contribution in [1.82, 2.24) is 0 Å². The van der Waals surface area contributed by atoms with E-state index in [0.29, 0.717) is 12.2 Å². The van der Waals surface area contributed by atoms with Gasteiger partial charge in [-0.1, -0.05) is 11.6 Å². The lowest BCUT2D eigenvalue weighted by Crippen LogP contribution is -1.98. The summed E-state index contributed by atoms with van der Waals surface area (Å²) in [6.07, 6.45) is 0. The van der Waals surface area contributed by atoms with Crippen molar-refractivity contribution in [1.29, 1.82) is 0 Å². The lowest BCUT2D eigenvalue weighted by molar-refractivity contribution is -0.384. The molecule has 2 rings (SSSR count). The summed E-state index contributed by atoms with van der Waals surface area (Å²) in [4.78, 5) is 10.4. The Labute approximate surface area is 125 Å². The Kier molecular flexibility index (Phi) is 4.59. The van der Waals surface area contributed by atoms with E-state index in [4.69, 9.17) is 16.3 Å². The average Bonchev–Trinajstić information content (AvgIpc) is 2.43. The van der Waals surface area contributed by atoms with Gasteiger partial charge in [0.1, 0.15) is 17.3 Å². The minimum atomic E-state index is -0.619. The summed E-state index contributed by atoms with van der Waals surface area (Å²) in [5.41, 5.74) is 0.439. The molecule has 0 atom stereocenters. The standard InChI is InChI=1S/C14H12ClFN2O3/c1-2-17-9-5-10(18(19)20)7-12(6-9)21-11-3-4-13(15)14(16)8-11/h3-8,17H,2H2,1H3. The van der Waals surface area contributed by atoms with Crippen LogP contribution in [0.4, 0.5) is 15.8 Å². The average molecular weight is 311 g/mol. The molecule has 1 N–H and O–H groups in total. The Morgan fingerprint density at radius 2 is 2.05 bits per heavy atom. The zero-order chi connectivity index (χ0) is 15.4. The van der Waals surface area contributed by atoms with Crippen molar-refractivity contribution in [2.24, 2.45) is 0 Å². The first-order valence-electron chi connectivity index (χ1n) is 6.16. The summed E-state index contributed by atoms with van der Waals surface area (Å²) in [5, 5.41) is 13.9. The van der Waals surface area contributed by atoms with Crippen LogP contribution >= 0.6 is 11.6 Å². The van der Waals surface area contributed by atoms with E-state index in [1.54, 1.807) is 6.07 Å². The fourth-order valence-electron chi connectivity index (χ4n) is 1.73. The summed E-state index contributed by atoms with van der Waals surface area (Å²) < 4.78 is 18.8. The first-order chi connectivity index (χ1) is 9.99. The van der Waals surface area contributed by atoms with E-state index < -0.39 is 10.7 Å². The van der Waals surface area contributed by atoms with E-state index in [9.17, 15) is 14.5 Å². The molecule has 0 bridgehead atoms. The van der Waals surface area contributed by atoms with E-state index in [2.05, 4.69) is 5.32 Å². The highest BCUT2D eigenvalue weighted by molar-refractivity contribution is 6.30. The van der Waals surface area contributed by atoms with Crippen molar-refractivity contribution in [2.75, 3.05) is 11.9 Å². The third kappa shape index (κ3) is 3.82. The quantitative estimate of drug-likeness (QED) is 0.647. The van der Waals surface area contributed by atoms with Gasteiger partial charge in [-0.3, -0.25) is 10.1 Å². The molecule has 0 aliphatic rings. The molecule has 0 saturated heterocycles. The fourth-order valence-corrected chi connectivity index (χ4v) is 1.85. The third-order valence-electron chi connectivity index (χ3n) is 2.61. The van der Waals surface area contributed by atoms with Gasteiger partial charge in [0.25, 0.3) is 5.69 Å². The van der Waals surface area contributed by atoms with Crippen LogP contribution in [0.1, 0.15) is 6.92 Å². The summed E-state index contributed by atoms with van der Waals surface area (Å²) in [6.45, 7) is 2.48. The van der Waals surface area contributed by atoms with Crippen molar-refractivity contribution in [3.05, 3.63) is 57.4 Å². The number of benzene rings is 2. The van der Waals surface area contributed by atoms with Crippen LogP contribution < -0.4 is 10.1 Å². The van der Waals surface area contributed by atoms with Crippen LogP contribution in [0.15, 0.2) is 36.4 Å². The molecule has 110 valence electrons. The fraction of sp³-hybridized carbons (Fsp3) is 0.143. The molecular formula is C14H12ClFN2O3. The Bertz CT molecular complexity index is 679. The lowest BCUT2D eigenvalue weighted by Gasteiger charge is -2.09. The van der Waals surface area contributed by atoms with Crippen molar-refractivity contribution in [3.8, 4) is 11.5 Å². The minimum absolute atomic E-state index is 0.0188. The van der Waals surface area contributed by atoms with Crippen molar-refractivity contribution >= 4 is 23.0 Å². The van der Waals surface area contributed by atoms with Gasteiger partial charge in [0, 0.05) is 30.4 Å². The van der Waals surface area contributed by atoms with Crippen molar-refractivity contribution in [2.45, 2.75) is 6.92 Å². The molecule has 0 aliphatic carbocycles.